The third kappa shape index (κ3) is 6.32. The van der Waals surface area contributed by atoms with E-state index in [2.05, 4.69) is 5.32 Å². The van der Waals surface area contributed by atoms with E-state index in [1.54, 1.807) is 44.2 Å². The lowest BCUT2D eigenvalue weighted by Crippen LogP contribution is -2.38. The van der Waals surface area contributed by atoms with Gasteiger partial charge in [0.1, 0.15) is 12.3 Å². The van der Waals surface area contributed by atoms with Crippen LogP contribution >= 0.6 is 11.6 Å². The Morgan fingerprint density at radius 2 is 1.74 bits per heavy atom. The number of carbonyl (C=O) groups excluding carboxylic acids is 2. The molecule has 0 aliphatic heterocycles. The molecule has 0 bridgehead atoms. The first kappa shape index (κ1) is 26.1. The van der Waals surface area contributed by atoms with Crippen LogP contribution < -0.4 is 14.4 Å². The molecule has 0 fully saturated rings. The van der Waals surface area contributed by atoms with Crippen LogP contribution in [0.25, 0.3) is 0 Å². The van der Waals surface area contributed by atoms with Gasteiger partial charge in [0.25, 0.3) is 10.0 Å². The molecule has 184 valence electrons. The highest BCUT2D eigenvalue weighted by atomic mass is 35.5. The van der Waals surface area contributed by atoms with E-state index < -0.39 is 28.4 Å². The maximum atomic E-state index is 13.5. The number of rotatable bonds is 9. The number of hydrogen-bond acceptors (Lipinski definition) is 6. The highest BCUT2D eigenvalue weighted by Crippen LogP contribution is 2.27. The molecule has 3 aromatic rings. The van der Waals surface area contributed by atoms with Gasteiger partial charge in [0, 0.05) is 10.7 Å². The number of benzene rings is 3. The molecule has 0 aliphatic carbocycles. The highest BCUT2D eigenvalue weighted by Gasteiger charge is 2.28. The molecular formula is C25H25ClN2O6S. The Hall–Kier alpha value is -3.56. The predicted molar refractivity (Wildman–Crippen MR) is 135 cm³/mol. The number of sulfonamides is 1. The van der Waals surface area contributed by atoms with E-state index in [4.69, 9.17) is 21.1 Å². The van der Waals surface area contributed by atoms with Gasteiger partial charge in [0.2, 0.25) is 5.91 Å². The largest absolute Gasteiger partial charge is 0.497 e. The molecule has 1 N–H and O–H groups in total. The molecule has 0 aliphatic rings. The normalized spacial score (nSPS) is 11.0. The topological polar surface area (TPSA) is 102 Å². The van der Waals surface area contributed by atoms with Gasteiger partial charge in [-0.3, -0.25) is 9.10 Å². The number of hydrogen-bond donors (Lipinski definition) is 1. The highest BCUT2D eigenvalue weighted by molar-refractivity contribution is 7.92. The second-order valence-corrected chi connectivity index (χ2v) is 9.76. The maximum absolute atomic E-state index is 13.5. The van der Waals surface area contributed by atoms with E-state index in [0.29, 0.717) is 27.6 Å². The molecule has 35 heavy (non-hydrogen) atoms. The summed E-state index contributed by atoms with van der Waals surface area (Å²) in [6.07, 6.45) is 0. The lowest BCUT2D eigenvalue weighted by Gasteiger charge is -2.24. The standard InChI is InChI=1S/C25H25ClN2O6S/c1-4-34-25(30)18-8-13-23(17(2)14-18)27-24(29)16-28(20-7-5-6-19(26)15-20)35(31,32)22-11-9-21(33-3)10-12-22/h5-15H,4,16H2,1-3H3,(H,27,29). The molecule has 8 nitrogen and oxygen atoms in total. The number of amides is 1. The minimum Gasteiger partial charge on any atom is -0.497 e. The molecular weight excluding hydrogens is 492 g/mol. The van der Waals surface area contributed by atoms with Crippen molar-refractivity contribution in [2.24, 2.45) is 0 Å². The van der Waals surface area contributed by atoms with Crippen LogP contribution in [0.4, 0.5) is 11.4 Å². The van der Waals surface area contributed by atoms with E-state index in [1.165, 1.54) is 43.5 Å². The predicted octanol–water partition coefficient (Wildman–Crippen LogP) is 4.67. The molecule has 1 amide bonds. The summed E-state index contributed by atoms with van der Waals surface area (Å²) < 4.78 is 38.1. The molecule has 0 unspecified atom stereocenters. The fourth-order valence-corrected chi connectivity index (χ4v) is 4.88. The third-order valence-corrected chi connectivity index (χ3v) is 7.07. The van der Waals surface area contributed by atoms with Gasteiger partial charge in [-0.25, -0.2) is 13.2 Å². The van der Waals surface area contributed by atoms with E-state index in [-0.39, 0.29) is 17.2 Å². The molecule has 0 saturated carbocycles. The second-order valence-electron chi connectivity index (χ2n) is 7.47. The van der Waals surface area contributed by atoms with Gasteiger partial charge in [0.15, 0.2) is 0 Å². The molecule has 10 heteroatoms. The number of anilines is 2. The first-order chi connectivity index (χ1) is 16.6. The summed E-state index contributed by atoms with van der Waals surface area (Å²) in [4.78, 5) is 24.9. The van der Waals surface area contributed by atoms with Crippen LogP contribution in [-0.2, 0) is 19.6 Å². The summed E-state index contributed by atoms with van der Waals surface area (Å²) in [6.45, 7) is 3.18. The Morgan fingerprint density at radius 1 is 1.03 bits per heavy atom. The van der Waals surface area contributed by atoms with Gasteiger partial charge in [-0.2, -0.15) is 0 Å². The Bertz CT molecular complexity index is 1330. The van der Waals surface area contributed by atoms with Crippen LogP contribution in [0.1, 0.15) is 22.8 Å². The SMILES string of the molecule is CCOC(=O)c1ccc(NC(=O)CN(c2cccc(Cl)c2)S(=O)(=O)c2ccc(OC)cc2)c(C)c1. The molecule has 0 radical (unpaired) electrons. The molecule has 0 heterocycles. The van der Waals surface area contributed by atoms with Gasteiger partial charge in [-0.15, -0.1) is 0 Å². The van der Waals surface area contributed by atoms with Crippen LogP contribution in [0.3, 0.4) is 0 Å². The number of nitrogens with one attached hydrogen (secondary N) is 1. The molecule has 0 saturated heterocycles. The number of ether oxygens (including phenoxy) is 2. The van der Waals surface area contributed by atoms with Crippen molar-refractivity contribution >= 4 is 44.9 Å². The van der Waals surface area contributed by atoms with Crippen molar-refractivity contribution in [2.75, 3.05) is 29.9 Å². The number of aryl methyl sites for hydroxylation is 1. The van der Waals surface area contributed by atoms with Gasteiger partial charge >= 0.3 is 5.97 Å². The molecule has 0 spiro atoms. The Kier molecular flexibility index (Phi) is 8.37. The third-order valence-electron chi connectivity index (χ3n) is 5.04. The Morgan fingerprint density at radius 3 is 2.34 bits per heavy atom. The Balaban J connectivity index is 1.89. The zero-order valence-electron chi connectivity index (χ0n) is 19.4. The molecule has 0 atom stereocenters. The number of halogens is 1. The fraction of sp³-hybridized carbons (Fsp3) is 0.200. The van der Waals surface area contributed by atoms with Crippen LogP contribution in [0.2, 0.25) is 5.02 Å². The van der Waals surface area contributed by atoms with Crippen molar-refractivity contribution in [1.29, 1.82) is 0 Å². The average molecular weight is 517 g/mol. The van der Waals surface area contributed by atoms with Gasteiger partial charge in [-0.05, 0) is 80.1 Å². The lowest BCUT2D eigenvalue weighted by molar-refractivity contribution is -0.114. The first-order valence-electron chi connectivity index (χ1n) is 10.7. The van der Waals surface area contributed by atoms with Gasteiger partial charge in [-0.1, -0.05) is 17.7 Å². The maximum Gasteiger partial charge on any atom is 0.338 e. The zero-order chi connectivity index (χ0) is 25.6. The number of nitrogens with zero attached hydrogens (tertiary/aromatic N) is 1. The van der Waals surface area contributed by atoms with Gasteiger partial charge < -0.3 is 14.8 Å². The number of carbonyl (C=O) groups is 2. The zero-order valence-corrected chi connectivity index (χ0v) is 21.0. The Labute approximate surface area is 209 Å². The quantitative estimate of drug-likeness (QED) is 0.415. The van der Waals surface area contributed by atoms with Crippen molar-refractivity contribution < 1.29 is 27.5 Å². The fourth-order valence-electron chi connectivity index (χ4n) is 3.29. The van der Waals surface area contributed by atoms with E-state index in [0.717, 1.165) is 4.31 Å². The average Bonchev–Trinajstić information content (AvgIpc) is 2.84. The first-order valence-corrected chi connectivity index (χ1v) is 12.5. The number of methoxy groups -OCH3 is 1. The summed E-state index contributed by atoms with van der Waals surface area (Å²) in [5.74, 6) is -0.544. The summed E-state index contributed by atoms with van der Waals surface area (Å²) in [6, 6.07) is 16.8. The van der Waals surface area contributed by atoms with E-state index in [9.17, 15) is 18.0 Å². The summed E-state index contributed by atoms with van der Waals surface area (Å²) >= 11 is 6.10. The van der Waals surface area contributed by atoms with Crippen molar-refractivity contribution in [3.63, 3.8) is 0 Å². The van der Waals surface area contributed by atoms with Gasteiger partial charge in [0.05, 0.1) is 29.9 Å². The van der Waals surface area contributed by atoms with Crippen molar-refractivity contribution in [1.82, 2.24) is 0 Å². The second kappa shape index (κ2) is 11.2. The van der Waals surface area contributed by atoms with Crippen molar-refractivity contribution in [3.05, 3.63) is 82.9 Å². The lowest BCUT2D eigenvalue weighted by atomic mass is 10.1. The van der Waals surface area contributed by atoms with E-state index >= 15 is 0 Å². The summed E-state index contributed by atoms with van der Waals surface area (Å²) in [7, 11) is -2.64. The van der Waals surface area contributed by atoms with E-state index in [1.807, 2.05) is 0 Å². The minimum atomic E-state index is -4.12. The summed E-state index contributed by atoms with van der Waals surface area (Å²) in [5, 5.41) is 3.04. The van der Waals surface area contributed by atoms with Crippen LogP contribution in [0.15, 0.2) is 71.6 Å². The number of esters is 1. The van der Waals surface area contributed by atoms with Crippen LogP contribution in [0, 0.1) is 6.92 Å². The molecule has 3 rings (SSSR count). The van der Waals surface area contributed by atoms with Crippen molar-refractivity contribution in [3.8, 4) is 5.75 Å². The monoisotopic (exact) mass is 516 g/mol. The van der Waals surface area contributed by atoms with Crippen molar-refractivity contribution in [2.45, 2.75) is 18.7 Å². The summed E-state index contributed by atoms with van der Waals surface area (Å²) in [5.41, 5.74) is 1.65. The van der Waals surface area contributed by atoms with Crippen LogP contribution in [-0.4, -0.2) is 40.6 Å². The smallest absolute Gasteiger partial charge is 0.338 e. The molecule has 0 aromatic heterocycles. The minimum absolute atomic E-state index is 0.0129. The molecule has 3 aromatic carbocycles. The van der Waals surface area contributed by atoms with Crippen LogP contribution in [0.5, 0.6) is 5.75 Å².